The molecule has 2 bridgehead atoms. The predicted molar refractivity (Wildman–Crippen MR) is 76.0 cm³/mol. The minimum absolute atomic E-state index is 0.206. The van der Waals surface area contributed by atoms with Gasteiger partial charge in [0.25, 0.3) is 0 Å². The van der Waals surface area contributed by atoms with Crippen molar-refractivity contribution in [2.45, 2.75) is 36.7 Å². The second kappa shape index (κ2) is 3.91. The van der Waals surface area contributed by atoms with Crippen LogP contribution in [0, 0.1) is 6.92 Å². The molecule has 20 heavy (non-hydrogen) atoms. The Balaban J connectivity index is 1.80. The molecule has 5 nitrogen and oxygen atoms in total. The third-order valence-corrected chi connectivity index (χ3v) is 6.85. The molecule has 1 fully saturated rings. The van der Waals surface area contributed by atoms with Crippen molar-refractivity contribution < 1.29 is 8.42 Å². The van der Waals surface area contributed by atoms with Crippen molar-refractivity contribution >= 4 is 21.1 Å². The van der Waals surface area contributed by atoms with Gasteiger partial charge >= 0.3 is 0 Å². The summed E-state index contributed by atoms with van der Waals surface area (Å²) in [6.45, 7) is 1.93. The van der Waals surface area contributed by atoms with E-state index >= 15 is 0 Å². The first-order valence-electron chi connectivity index (χ1n) is 6.80. The number of nitrogens with zero attached hydrogens (tertiary/aromatic N) is 3. The molecule has 4 heterocycles. The van der Waals surface area contributed by atoms with Crippen LogP contribution < -0.4 is 0 Å². The Morgan fingerprint density at radius 3 is 3.00 bits per heavy atom. The van der Waals surface area contributed by atoms with Crippen molar-refractivity contribution in [1.29, 1.82) is 0 Å². The van der Waals surface area contributed by atoms with Crippen LogP contribution in [-0.2, 0) is 9.84 Å². The molecule has 6 heteroatoms. The van der Waals surface area contributed by atoms with E-state index in [2.05, 4.69) is 10.1 Å². The highest BCUT2D eigenvalue weighted by Gasteiger charge is 2.43. The molecule has 2 aliphatic rings. The lowest BCUT2D eigenvalue weighted by atomic mass is 10.0. The highest BCUT2D eigenvalue weighted by molar-refractivity contribution is 7.93. The molecule has 0 aliphatic carbocycles. The number of hydrogen-bond donors (Lipinski definition) is 0. The molecule has 4 rings (SSSR count). The van der Waals surface area contributed by atoms with Gasteiger partial charge < -0.3 is 0 Å². The van der Waals surface area contributed by atoms with E-state index < -0.39 is 9.84 Å². The highest BCUT2D eigenvalue weighted by atomic mass is 32.2. The summed E-state index contributed by atoms with van der Waals surface area (Å²) in [5, 5.41) is 3.85. The zero-order valence-corrected chi connectivity index (χ0v) is 12.0. The number of fused-ring (bicyclic) bond motifs is 3. The minimum atomic E-state index is -2.93. The van der Waals surface area contributed by atoms with Crippen LogP contribution in [0.25, 0.3) is 11.2 Å². The van der Waals surface area contributed by atoms with Crippen LogP contribution in [0.2, 0.25) is 0 Å². The lowest BCUT2D eigenvalue weighted by Gasteiger charge is -2.20. The summed E-state index contributed by atoms with van der Waals surface area (Å²) >= 11 is 0. The molecule has 2 unspecified atom stereocenters. The SMILES string of the molecule is Cc1cc2ncc(C3=CC4CCC(C3)S4(=O)=O)cn2n1. The number of hydrogen-bond acceptors (Lipinski definition) is 4. The maximum atomic E-state index is 12.1. The second-order valence-electron chi connectivity index (χ2n) is 5.65. The van der Waals surface area contributed by atoms with Crippen LogP contribution in [0.4, 0.5) is 0 Å². The molecule has 0 radical (unpaired) electrons. The van der Waals surface area contributed by atoms with Crippen LogP contribution in [0.5, 0.6) is 0 Å². The third kappa shape index (κ3) is 1.64. The van der Waals surface area contributed by atoms with E-state index in [1.54, 1.807) is 4.52 Å². The van der Waals surface area contributed by atoms with Crippen molar-refractivity contribution in [2.75, 3.05) is 0 Å². The summed E-state index contributed by atoms with van der Waals surface area (Å²) in [6.07, 6.45) is 7.82. The topological polar surface area (TPSA) is 64.3 Å². The summed E-state index contributed by atoms with van der Waals surface area (Å²) in [4.78, 5) is 4.39. The number of sulfone groups is 1. The Morgan fingerprint density at radius 2 is 2.20 bits per heavy atom. The van der Waals surface area contributed by atoms with Gasteiger partial charge in [-0.05, 0) is 31.8 Å². The molecular weight excluding hydrogens is 274 g/mol. The molecule has 0 aromatic carbocycles. The number of allylic oxidation sites excluding steroid dienone is 1. The molecule has 0 amide bonds. The van der Waals surface area contributed by atoms with Gasteiger partial charge in [-0.2, -0.15) is 5.10 Å². The van der Waals surface area contributed by atoms with E-state index in [0.717, 1.165) is 35.3 Å². The molecule has 0 N–H and O–H groups in total. The Kier molecular flexibility index (Phi) is 2.36. The smallest absolute Gasteiger partial charge is 0.159 e. The lowest BCUT2D eigenvalue weighted by Crippen LogP contribution is -2.26. The summed E-state index contributed by atoms with van der Waals surface area (Å²) < 4.78 is 25.9. The molecule has 2 aromatic rings. The molecule has 1 saturated heterocycles. The molecule has 0 saturated carbocycles. The Hall–Kier alpha value is -1.69. The minimum Gasteiger partial charge on any atom is -0.236 e. The monoisotopic (exact) mass is 289 g/mol. The van der Waals surface area contributed by atoms with Crippen LogP contribution in [0.1, 0.15) is 30.5 Å². The van der Waals surface area contributed by atoms with Gasteiger partial charge in [-0.25, -0.2) is 17.9 Å². The summed E-state index contributed by atoms with van der Waals surface area (Å²) in [5.41, 5.74) is 3.82. The normalized spacial score (nSPS) is 27.8. The first kappa shape index (κ1) is 12.1. The molecule has 2 aliphatic heterocycles. The van der Waals surface area contributed by atoms with Crippen LogP contribution in [0.15, 0.2) is 24.5 Å². The van der Waals surface area contributed by atoms with Crippen molar-refractivity contribution in [3.05, 3.63) is 35.8 Å². The van der Waals surface area contributed by atoms with Gasteiger partial charge in [-0.15, -0.1) is 0 Å². The maximum absolute atomic E-state index is 12.1. The standard InChI is InChI=1S/C14H15N3O2S/c1-9-4-14-15-7-11(8-17(14)16-9)10-5-12-2-3-13(6-10)20(12,18)19/h4-5,7-8,12-13H,2-3,6H2,1H3. The van der Waals surface area contributed by atoms with Gasteiger partial charge in [0.05, 0.1) is 16.2 Å². The van der Waals surface area contributed by atoms with Crippen molar-refractivity contribution in [2.24, 2.45) is 0 Å². The fourth-order valence-electron chi connectivity index (χ4n) is 3.24. The molecule has 2 atom stereocenters. The molecule has 2 aromatic heterocycles. The van der Waals surface area contributed by atoms with Gasteiger partial charge in [0.1, 0.15) is 0 Å². The van der Waals surface area contributed by atoms with E-state index in [4.69, 9.17) is 0 Å². The zero-order valence-electron chi connectivity index (χ0n) is 11.2. The van der Waals surface area contributed by atoms with Crippen LogP contribution >= 0.6 is 0 Å². The quantitative estimate of drug-likeness (QED) is 0.802. The molecular formula is C14H15N3O2S. The van der Waals surface area contributed by atoms with Crippen molar-refractivity contribution in [1.82, 2.24) is 14.6 Å². The zero-order chi connectivity index (χ0) is 13.9. The number of rotatable bonds is 1. The summed E-state index contributed by atoms with van der Waals surface area (Å²) in [7, 11) is -2.93. The Morgan fingerprint density at radius 1 is 1.35 bits per heavy atom. The van der Waals surface area contributed by atoms with E-state index in [0.29, 0.717) is 6.42 Å². The fourth-order valence-corrected chi connectivity index (χ4v) is 5.42. The van der Waals surface area contributed by atoms with Crippen molar-refractivity contribution in [3.8, 4) is 0 Å². The summed E-state index contributed by atoms with van der Waals surface area (Å²) in [6, 6.07) is 1.92. The third-order valence-electron chi connectivity index (χ3n) is 4.30. The van der Waals surface area contributed by atoms with Gasteiger partial charge in [-0.3, -0.25) is 0 Å². The van der Waals surface area contributed by atoms with Crippen LogP contribution in [0.3, 0.4) is 0 Å². The predicted octanol–water partition coefficient (Wildman–Crippen LogP) is 1.77. The molecule has 104 valence electrons. The first-order valence-corrected chi connectivity index (χ1v) is 8.41. The van der Waals surface area contributed by atoms with E-state index in [1.807, 2.05) is 31.5 Å². The van der Waals surface area contributed by atoms with E-state index in [1.165, 1.54) is 0 Å². The number of aromatic nitrogens is 3. The van der Waals surface area contributed by atoms with E-state index in [-0.39, 0.29) is 10.5 Å². The van der Waals surface area contributed by atoms with Gasteiger partial charge in [0.2, 0.25) is 0 Å². The fraction of sp³-hybridized carbons (Fsp3) is 0.429. The Labute approximate surface area is 117 Å². The lowest BCUT2D eigenvalue weighted by molar-refractivity contribution is 0.585. The average Bonchev–Trinajstić information content (AvgIpc) is 2.79. The van der Waals surface area contributed by atoms with Crippen molar-refractivity contribution in [3.63, 3.8) is 0 Å². The highest BCUT2D eigenvalue weighted by Crippen LogP contribution is 2.40. The average molecular weight is 289 g/mol. The Bertz CT molecular complexity index is 835. The van der Waals surface area contributed by atoms with Crippen LogP contribution in [-0.4, -0.2) is 33.5 Å². The van der Waals surface area contributed by atoms with Gasteiger partial charge in [-0.1, -0.05) is 6.08 Å². The maximum Gasteiger partial charge on any atom is 0.159 e. The van der Waals surface area contributed by atoms with Gasteiger partial charge in [0.15, 0.2) is 15.5 Å². The van der Waals surface area contributed by atoms with Gasteiger partial charge in [0, 0.05) is 24.0 Å². The van der Waals surface area contributed by atoms with E-state index in [9.17, 15) is 8.42 Å². The second-order valence-corrected chi connectivity index (χ2v) is 8.10. The largest absolute Gasteiger partial charge is 0.236 e. The summed E-state index contributed by atoms with van der Waals surface area (Å²) in [5.74, 6) is 0. The first-order chi connectivity index (χ1) is 9.54. The number of aryl methyl sites for hydroxylation is 1. The molecule has 0 spiro atoms.